The van der Waals surface area contributed by atoms with Crippen LogP contribution < -0.4 is 19.1 Å². The maximum Gasteiger partial charge on any atom is 0.266 e. The van der Waals surface area contributed by atoms with E-state index in [1.165, 1.54) is 11.3 Å². The van der Waals surface area contributed by atoms with E-state index in [1.54, 1.807) is 29.2 Å². The van der Waals surface area contributed by atoms with Crippen molar-refractivity contribution in [3.63, 3.8) is 0 Å². The number of fused-ring (bicyclic) bond motifs is 2. The fraction of sp³-hybridized carbons (Fsp3) is 0.333. The van der Waals surface area contributed by atoms with E-state index in [1.807, 2.05) is 31.1 Å². The molecule has 0 bridgehead atoms. The van der Waals surface area contributed by atoms with Crippen LogP contribution in [0.5, 0.6) is 17.2 Å². The van der Waals surface area contributed by atoms with Crippen molar-refractivity contribution in [2.45, 2.75) is 0 Å². The highest BCUT2D eigenvalue weighted by molar-refractivity contribution is 7.22. The molecule has 1 aromatic heterocycles. The van der Waals surface area contributed by atoms with E-state index in [0.717, 1.165) is 10.2 Å². The van der Waals surface area contributed by atoms with E-state index < -0.39 is 0 Å². The molecule has 1 amide bonds. The van der Waals surface area contributed by atoms with Crippen molar-refractivity contribution in [2.75, 3.05) is 51.9 Å². The Hall–Kier alpha value is -2.55. The number of hydrogen-bond acceptors (Lipinski definition) is 7. The SMILES string of the molecule is CN(C)CCN(C(=O)COc1ccc(Cl)cc1)c1nc2cc3c(cc2s1)OCCO3. The van der Waals surface area contributed by atoms with Crippen molar-refractivity contribution in [1.29, 1.82) is 0 Å². The first-order valence-corrected chi connectivity index (χ1v) is 10.7. The summed E-state index contributed by atoms with van der Waals surface area (Å²) in [6.45, 7) is 2.16. The summed E-state index contributed by atoms with van der Waals surface area (Å²) in [7, 11) is 3.93. The first-order valence-electron chi connectivity index (χ1n) is 9.53. The van der Waals surface area contributed by atoms with Gasteiger partial charge in [-0.3, -0.25) is 9.69 Å². The van der Waals surface area contributed by atoms with Gasteiger partial charge < -0.3 is 19.1 Å². The number of anilines is 1. The second-order valence-corrected chi connectivity index (χ2v) is 8.50. The quantitative estimate of drug-likeness (QED) is 0.550. The zero-order valence-electron chi connectivity index (χ0n) is 16.8. The number of hydrogen-bond donors (Lipinski definition) is 0. The molecule has 0 spiro atoms. The second kappa shape index (κ2) is 9.07. The van der Waals surface area contributed by atoms with E-state index in [-0.39, 0.29) is 12.5 Å². The number of rotatable bonds is 7. The minimum Gasteiger partial charge on any atom is -0.486 e. The van der Waals surface area contributed by atoms with Gasteiger partial charge in [0.15, 0.2) is 23.2 Å². The Kier molecular flexibility index (Phi) is 6.26. The van der Waals surface area contributed by atoms with Gasteiger partial charge in [0, 0.05) is 30.2 Å². The molecular formula is C21H22ClN3O4S. The third-order valence-corrected chi connectivity index (χ3v) is 5.81. The smallest absolute Gasteiger partial charge is 0.266 e. The van der Waals surface area contributed by atoms with Crippen LogP contribution in [0.4, 0.5) is 5.13 Å². The van der Waals surface area contributed by atoms with E-state index in [4.69, 9.17) is 25.8 Å². The summed E-state index contributed by atoms with van der Waals surface area (Å²) >= 11 is 7.35. The third-order valence-electron chi connectivity index (χ3n) is 4.52. The van der Waals surface area contributed by atoms with Gasteiger partial charge in [-0.05, 0) is 38.4 Å². The molecule has 3 aromatic rings. The zero-order valence-corrected chi connectivity index (χ0v) is 18.3. The second-order valence-electron chi connectivity index (χ2n) is 7.05. The molecule has 2 aromatic carbocycles. The van der Waals surface area contributed by atoms with Crippen LogP contribution in [0.2, 0.25) is 5.02 Å². The van der Waals surface area contributed by atoms with Gasteiger partial charge in [-0.25, -0.2) is 4.98 Å². The Balaban J connectivity index is 1.56. The van der Waals surface area contributed by atoms with Gasteiger partial charge >= 0.3 is 0 Å². The summed E-state index contributed by atoms with van der Waals surface area (Å²) in [5.74, 6) is 1.82. The molecule has 1 aliphatic heterocycles. The monoisotopic (exact) mass is 447 g/mol. The predicted molar refractivity (Wildman–Crippen MR) is 118 cm³/mol. The molecule has 7 nitrogen and oxygen atoms in total. The van der Waals surface area contributed by atoms with Crippen molar-refractivity contribution in [3.05, 3.63) is 41.4 Å². The minimum atomic E-state index is -0.164. The largest absolute Gasteiger partial charge is 0.486 e. The lowest BCUT2D eigenvalue weighted by Crippen LogP contribution is -2.39. The molecular weight excluding hydrogens is 426 g/mol. The van der Waals surface area contributed by atoms with Crippen LogP contribution in [0.1, 0.15) is 0 Å². The van der Waals surface area contributed by atoms with Crippen molar-refractivity contribution < 1.29 is 19.0 Å². The molecule has 0 N–H and O–H groups in total. The van der Waals surface area contributed by atoms with Crippen LogP contribution in [-0.2, 0) is 4.79 Å². The van der Waals surface area contributed by atoms with Crippen molar-refractivity contribution in [3.8, 4) is 17.2 Å². The van der Waals surface area contributed by atoms with Crippen molar-refractivity contribution in [2.24, 2.45) is 0 Å². The van der Waals surface area contributed by atoms with Gasteiger partial charge in [0.05, 0.1) is 10.2 Å². The Morgan fingerprint density at radius 2 is 1.83 bits per heavy atom. The maximum atomic E-state index is 13.0. The van der Waals surface area contributed by atoms with Crippen LogP contribution in [0.3, 0.4) is 0 Å². The van der Waals surface area contributed by atoms with Crippen LogP contribution >= 0.6 is 22.9 Å². The number of thiazole rings is 1. The molecule has 0 saturated heterocycles. The third kappa shape index (κ3) is 4.77. The van der Waals surface area contributed by atoms with Crippen LogP contribution in [0.25, 0.3) is 10.2 Å². The molecule has 0 saturated carbocycles. The lowest BCUT2D eigenvalue weighted by molar-refractivity contribution is -0.120. The molecule has 0 radical (unpaired) electrons. The highest BCUT2D eigenvalue weighted by atomic mass is 35.5. The summed E-state index contributed by atoms with van der Waals surface area (Å²) in [5, 5.41) is 1.24. The highest BCUT2D eigenvalue weighted by Gasteiger charge is 2.22. The standard InChI is InChI=1S/C21H22ClN3O4S/c1-24(2)7-8-25(20(26)13-29-15-5-3-14(22)4-6-15)21-23-16-11-17-18(12-19(16)30-21)28-10-9-27-17/h3-6,11-12H,7-10,13H2,1-2H3. The zero-order chi connectivity index (χ0) is 21.1. The fourth-order valence-corrected chi connectivity index (χ4v) is 4.09. The summed E-state index contributed by atoms with van der Waals surface area (Å²) in [4.78, 5) is 21.4. The molecule has 0 atom stereocenters. The Bertz CT molecular complexity index is 996. The lowest BCUT2D eigenvalue weighted by atomic mass is 10.3. The molecule has 0 unspecified atom stereocenters. The predicted octanol–water partition coefficient (Wildman–Crippen LogP) is 3.69. The van der Waals surface area contributed by atoms with Crippen molar-refractivity contribution >= 4 is 44.2 Å². The Morgan fingerprint density at radius 3 is 2.53 bits per heavy atom. The number of nitrogens with zero attached hydrogens (tertiary/aromatic N) is 3. The van der Waals surface area contributed by atoms with E-state index in [9.17, 15) is 4.79 Å². The van der Waals surface area contributed by atoms with Crippen molar-refractivity contribution in [1.82, 2.24) is 9.88 Å². The molecule has 1 aliphatic rings. The first-order chi connectivity index (χ1) is 14.5. The number of carbonyl (C=O) groups excluding carboxylic acids is 1. The average molecular weight is 448 g/mol. The topological polar surface area (TPSA) is 64.1 Å². The molecule has 30 heavy (non-hydrogen) atoms. The normalized spacial score (nSPS) is 12.9. The fourth-order valence-electron chi connectivity index (χ4n) is 2.95. The summed E-state index contributed by atoms with van der Waals surface area (Å²) in [5.41, 5.74) is 0.778. The maximum absolute atomic E-state index is 13.0. The average Bonchev–Trinajstić information content (AvgIpc) is 3.13. The number of benzene rings is 2. The van der Waals surface area contributed by atoms with Gasteiger partial charge in [0.2, 0.25) is 0 Å². The number of amides is 1. The van der Waals surface area contributed by atoms with Gasteiger partial charge in [0.1, 0.15) is 19.0 Å². The van der Waals surface area contributed by atoms with Gasteiger partial charge in [-0.15, -0.1) is 0 Å². The van der Waals surface area contributed by atoms with Crippen LogP contribution in [0, 0.1) is 0 Å². The Morgan fingerprint density at radius 1 is 1.13 bits per heavy atom. The lowest BCUT2D eigenvalue weighted by Gasteiger charge is -2.22. The highest BCUT2D eigenvalue weighted by Crippen LogP contribution is 2.38. The number of ether oxygens (including phenoxy) is 3. The molecule has 158 valence electrons. The Labute approximate surface area is 183 Å². The molecule has 0 aliphatic carbocycles. The summed E-state index contributed by atoms with van der Waals surface area (Å²) < 4.78 is 17.9. The number of carbonyl (C=O) groups is 1. The van der Waals surface area contributed by atoms with E-state index >= 15 is 0 Å². The molecule has 0 fully saturated rings. The van der Waals surface area contributed by atoms with E-state index in [2.05, 4.69) is 4.98 Å². The number of aromatic nitrogens is 1. The first kappa shape index (κ1) is 20.7. The minimum absolute atomic E-state index is 0.0896. The summed E-state index contributed by atoms with van der Waals surface area (Å²) in [6, 6.07) is 10.7. The molecule has 4 rings (SSSR count). The van der Waals surface area contributed by atoms with Crippen LogP contribution in [0.15, 0.2) is 36.4 Å². The van der Waals surface area contributed by atoms with Gasteiger partial charge in [-0.1, -0.05) is 22.9 Å². The van der Waals surface area contributed by atoms with Gasteiger partial charge in [0.25, 0.3) is 5.91 Å². The molecule has 9 heteroatoms. The van der Waals surface area contributed by atoms with Gasteiger partial charge in [-0.2, -0.15) is 0 Å². The number of halogens is 1. The number of likely N-dealkylation sites (N-methyl/N-ethyl adjacent to an activating group) is 1. The molecule has 2 heterocycles. The summed E-state index contributed by atoms with van der Waals surface area (Å²) in [6.07, 6.45) is 0. The van der Waals surface area contributed by atoms with Crippen LogP contribution in [-0.4, -0.2) is 62.8 Å². The van der Waals surface area contributed by atoms with E-state index in [0.29, 0.717) is 53.7 Å².